The second kappa shape index (κ2) is 13.4. The smallest absolute Gasteiger partial charge is 0.305 e. The maximum absolute atomic E-state index is 11.2. The molecular weight excluding hydrogens is 280 g/mol. The Kier molecular flexibility index (Phi) is 12.3. The van der Waals surface area contributed by atoms with Crippen molar-refractivity contribution in [3.63, 3.8) is 0 Å². The Morgan fingerprint density at radius 1 is 0.810 bits per heavy atom. The van der Waals surface area contributed by atoms with Crippen LogP contribution in [0.15, 0.2) is 0 Å². The molecule has 0 bridgehead atoms. The van der Waals surface area contributed by atoms with Gasteiger partial charge >= 0.3 is 17.9 Å². The number of unbranched alkanes of at least 4 members (excludes halogenated alkanes) is 1. The Morgan fingerprint density at radius 2 is 1.33 bits per heavy atom. The first-order chi connectivity index (χ1) is 10.1. The highest BCUT2D eigenvalue weighted by molar-refractivity contribution is 5.70. The van der Waals surface area contributed by atoms with E-state index in [1.54, 1.807) is 0 Å². The monoisotopic (exact) mass is 304 g/mol. The summed E-state index contributed by atoms with van der Waals surface area (Å²) in [6.45, 7) is 2.74. The first kappa shape index (κ1) is 19.4. The van der Waals surface area contributed by atoms with Crippen molar-refractivity contribution >= 4 is 17.9 Å². The van der Waals surface area contributed by atoms with E-state index in [1.807, 2.05) is 6.92 Å². The summed E-state index contributed by atoms with van der Waals surface area (Å²) in [6, 6.07) is 0. The van der Waals surface area contributed by atoms with Gasteiger partial charge in [0.1, 0.15) is 13.2 Å². The molecule has 0 aromatic rings. The first-order valence-corrected chi connectivity index (χ1v) is 7.17. The lowest BCUT2D eigenvalue weighted by atomic mass is 10.2. The maximum Gasteiger partial charge on any atom is 0.305 e. The zero-order valence-corrected chi connectivity index (χ0v) is 12.5. The van der Waals surface area contributed by atoms with E-state index in [-0.39, 0.29) is 51.2 Å². The molecule has 0 aliphatic rings. The van der Waals surface area contributed by atoms with Crippen LogP contribution in [0.2, 0.25) is 0 Å². The Balaban J connectivity index is 3.28. The molecule has 0 aromatic carbocycles. The number of hydrogen-bond acceptors (Lipinski definition) is 6. The van der Waals surface area contributed by atoms with Crippen molar-refractivity contribution in [2.75, 3.05) is 26.4 Å². The summed E-state index contributed by atoms with van der Waals surface area (Å²) >= 11 is 0. The van der Waals surface area contributed by atoms with Gasteiger partial charge in [-0.25, -0.2) is 0 Å². The largest absolute Gasteiger partial charge is 0.481 e. The lowest BCUT2D eigenvalue weighted by Gasteiger charge is -2.07. The lowest BCUT2D eigenvalue weighted by molar-refractivity contribution is -0.147. The summed E-state index contributed by atoms with van der Waals surface area (Å²) < 4.78 is 14.9. The Morgan fingerprint density at radius 3 is 1.86 bits per heavy atom. The molecule has 0 rings (SSSR count). The van der Waals surface area contributed by atoms with Crippen LogP contribution in [-0.4, -0.2) is 49.4 Å². The van der Waals surface area contributed by atoms with E-state index < -0.39 is 5.97 Å². The van der Waals surface area contributed by atoms with Crippen LogP contribution in [0.25, 0.3) is 0 Å². The molecule has 0 aliphatic carbocycles. The van der Waals surface area contributed by atoms with Crippen LogP contribution in [0.5, 0.6) is 0 Å². The zero-order valence-electron chi connectivity index (χ0n) is 12.5. The van der Waals surface area contributed by atoms with Gasteiger partial charge in [0.15, 0.2) is 0 Å². The summed E-state index contributed by atoms with van der Waals surface area (Å²) in [7, 11) is 0. The third-order valence-corrected chi connectivity index (χ3v) is 2.46. The molecule has 0 atom stereocenters. The summed E-state index contributed by atoms with van der Waals surface area (Å²) in [6.07, 6.45) is 2.39. The van der Waals surface area contributed by atoms with Crippen molar-refractivity contribution in [2.24, 2.45) is 0 Å². The normalized spacial score (nSPS) is 10.1. The van der Waals surface area contributed by atoms with Crippen LogP contribution in [-0.2, 0) is 28.6 Å². The van der Waals surface area contributed by atoms with Gasteiger partial charge in [0.2, 0.25) is 0 Å². The van der Waals surface area contributed by atoms with Crippen LogP contribution < -0.4 is 0 Å². The number of rotatable bonds is 13. The number of carboxylic acid groups (broad SMARTS) is 1. The third-order valence-electron chi connectivity index (χ3n) is 2.46. The second-order valence-corrected chi connectivity index (χ2v) is 4.40. The summed E-state index contributed by atoms with van der Waals surface area (Å²) in [5, 5.41) is 8.42. The quantitative estimate of drug-likeness (QED) is 0.407. The van der Waals surface area contributed by atoms with E-state index >= 15 is 0 Å². The molecule has 0 amide bonds. The highest BCUT2D eigenvalue weighted by Gasteiger charge is 2.04. The van der Waals surface area contributed by atoms with Crippen molar-refractivity contribution in [1.29, 1.82) is 0 Å². The van der Waals surface area contributed by atoms with Crippen molar-refractivity contribution in [3.05, 3.63) is 0 Å². The number of aliphatic carboxylic acids is 1. The lowest BCUT2D eigenvalue weighted by Crippen LogP contribution is -2.14. The van der Waals surface area contributed by atoms with E-state index in [1.165, 1.54) is 0 Å². The van der Waals surface area contributed by atoms with Crippen LogP contribution in [0.4, 0.5) is 0 Å². The average Bonchev–Trinajstić information content (AvgIpc) is 2.42. The van der Waals surface area contributed by atoms with Gasteiger partial charge in [0, 0.05) is 19.3 Å². The highest BCUT2D eigenvalue weighted by Crippen LogP contribution is 2.01. The number of esters is 2. The molecule has 0 spiro atoms. The molecule has 122 valence electrons. The fraction of sp³-hybridized carbons (Fsp3) is 0.786. The Hall–Kier alpha value is -1.63. The standard InChI is InChI=1S/C14H24O7/c1-2-5-13(17)20-10-8-19-9-11-21-14(18)7-4-3-6-12(15)16/h2-11H2,1H3,(H,15,16). The molecule has 1 N–H and O–H groups in total. The number of hydrogen-bond donors (Lipinski definition) is 1. The van der Waals surface area contributed by atoms with Crippen LogP contribution in [0.3, 0.4) is 0 Å². The van der Waals surface area contributed by atoms with Crippen molar-refractivity contribution in [1.82, 2.24) is 0 Å². The van der Waals surface area contributed by atoms with Crippen LogP contribution in [0.1, 0.15) is 45.4 Å². The molecule has 0 aliphatic heterocycles. The molecule has 0 aromatic heterocycles. The SMILES string of the molecule is CCCC(=O)OCCOCCOC(=O)CCCCC(=O)O. The summed E-state index contributed by atoms with van der Waals surface area (Å²) in [5.41, 5.74) is 0. The fourth-order valence-corrected chi connectivity index (χ4v) is 1.42. The Bertz CT molecular complexity index is 314. The molecule has 0 heterocycles. The number of ether oxygens (including phenoxy) is 3. The van der Waals surface area contributed by atoms with Crippen molar-refractivity contribution in [2.45, 2.75) is 45.4 Å². The second-order valence-electron chi connectivity index (χ2n) is 4.40. The van der Waals surface area contributed by atoms with Crippen molar-refractivity contribution < 1.29 is 33.7 Å². The predicted molar refractivity (Wildman–Crippen MR) is 73.7 cm³/mol. The third kappa shape index (κ3) is 14.6. The molecule has 0 unspecified atom stereocenters. The molecular formula is C14H24O7. The topological polar surface area (TPSA) is 99.1 Å². The van der Waals surface area contributed by atoms with Gasteiger partial charge in [-0.05, 0) is 19.3 Å². The molecule has 0 saturated carbocycles. The van der Waals surface area contributed by atoms with Gasteiger partial charge in [-0.15, -0.1) is 0 Å². The van der Waals surface area contributed by atoms with Crippen LogP contribution in [0, 0.1) is 0 Å². The predicted octanol–water partition coefficient (Wildman–Crippen LogP) is 1.53. The summed E-state index contributed by atoms with van der Waals surface area (Å²) in [4.78, 5) is 32.5. The number of carbonyl (C=O) groups is 3. The highest BCUT2D eigenvalue weighted by atomic mass is 16.6. The Labute approximate surface area is 124 Å². The van der Waals surface area contributed by atoms with Gasteiger partial charge < -0.3 is 19.3 Å². The van der Waals surface area contributed by atoms with E-state index in [4.69, 9.17) is 19.3 Å². The van der Waals surface area contributed by atoms with E-state index in [0.29, 0.717) is 19.3 Å². The molecule has 7 heteroatoms. The van der Waals surface area contributed by atoms with Gasteiger partial charge in [-0.1, -0.05) is 6.92 Å². The maximum atomic E-state index is 11.2. The fourth-order valence-electron chi connectivity index (χ4n) is 1.42. The van der Waals surface area contributed by atoms with E-state index in [0.717, 1.165) is 6.42 Å². The zero-order chi connectivity index (χ0) is 15.9. The summed E-state index contributed by atoms with van der Waals surface area (Å²) in [5.74, 6) is -1.47. The first-order valence-electron chi connectivity index (χ1n) is 7.17. The number of carboxylic acids is 1. The minimum absolute atomic E-state index is 0.0626. The van der Waals surface area contributed by atoms with Gasteiger partial charge in [-0.3, -0.25) is 14.4 Å². The van der Waals surface area contributed by atoms with Crippen molar-refractivity contribution in [3.8, 4) is 0 Å². The average molecular weight is 304 g/mol. The molecule has 0 saturated heterocycles. The molecule has 0 radical (unpaired) electrons. The minimum atomic E-state index is -0.864. The molecule has 7 nitrogen and oxygen atoms in total. The van der Waals surface area contributed by atoms with Gasteiger partial charge in [-0.2, -0.15) is 0 Å². The van der Waals surface area contributed by atoms with Gasteiger partial charge in [0.25, 0.3) is 0 Å². The number of carbonyl (C=O) groups excluding carboxylic acids is 2. The van der Waals surface area contributed by atoms with Crippen LogP contribution >= 0.6 is 0 Å². The van der Waals surface area contributed by atoms with Gasteiger partial charge in [0.05, 0.1) is 13.2 Å². The van der Waals surface area contributed by atoms with E-state index in [9.17, 15) is 14.4 Å². The molecule has 0 fully saturated rings. The van der Waals surface area contributed by atoms with E-state index in [2.05, 4.69) is 0 Å². The molecule has 21 heavy (non-hydrogen) atoms. The minimum Gasteiger partial charge on any atom is -0.481 e.